The van der Waals surface area contributed by atoms with Crippen LogP contribution in [0.5, 0.6) is 0 Å². The number of fused-ring (bicyclic) bond motifs is 1. The highest BCUT2D eigenvalue weighted by atomic mass is 32.1. The number of morpholine rings is 1. The van der Waals surface area contributed by atoms with Gasteiger partial charge in [-0.05, 0) is 31.4 Å². The van der Waals surface area contributed by atoms with Crippen LogP contribution in [0.25, 0.3) is 10.2 Å². The van der Waals surface area contributed by atoms with Crippen LogP contribution in [-0.2, 0) is 20.7 Å². The molecule has 3 rings (SSSR count). The number of amides is 1. The van der Waals surface area contributed by atoms with E-state index in [9.17, 15) is 9.59 Å². The van der Waals surface area contributed by atoms with Crippen molar-refractivity contribution in [2.24, 2.45) is 0 Å². The van der Waals surface area contributed by atoms with Crippen LogP contribution in [0.3, 0.4) is 0 Å². The lowest BCUT2D eigenvalue weighted by molar-refractivity contribution is -0.159. The Morgan fingerprint density at radius 3 is 2.96 bits per heavy atom. The van der Waals surface area contributed by atoms with Crippen molar-refractivity contribution in [2.75, 3.05) is 19.7 Å². The molecule has 1 aliphatic rings. The lowest BCUT2D eigenvalue weighted by Gasteiger charge is -2.30. The molecule has 1 aromatic heterocycles. The predicted molar refractivity (Wildman–Crippen MR) is 91.1 cm³/mol. The Morgan fingerprint density at radius 1 is 1.33 bits per heavy atom. The molecule has 0 radical (unpaired) electrons. The largest absolute Gasteiger partial charge is 0.479 e. The van der Waals surface area contributed by atoms with Crippen molar-refractivity contribution in [3.63, 3.8) is 0 Å². The molecule has 1 atom stereocenters. The van der Waals surface area contributed by atoms with E-state index in [0.717, 1.165) is 29.8 Å². The van der Waals surface area contributed by atoms with E-state index in [1.165, 1.54) is 4.70 Å². The van der Waals surface area contributed by atoms with E-state index in [0.29, 0.717) is 13.0 Å². The average Bonchev–Trinajstić information content (AvgIpc) is 3.01. The zero-order chi connectivity index (χ0) is 16.9. The van der Waals surface area contributed by atoms with E-state index < -0.39 is 12.1 Å². The molecule has 7 heteroatoms. The number of carboxylic acid groups (broad SMARTS) is 1. The van der Waals surface area contributed by atoms with Crippen molar-refractivity contribution >= 4 is 33.4 Å². The summed E-state index contributed by atoms with van der Waals surface area (Å²) < 4.78 is 6.32. The second kappa shape index (κ2) is 7.72. The van der Waals surface area contributed by atoms with Crippen LogP contribution in [0.1, 0.15) is 24.3 Å². The molecule has 1 aliphatic heterocycles. The molecule has 1 aromatic carbocycles. The molecule has 1 N–H and O–H groups in total. The number of carboxylic acids is 1. The van der Waals surface area contributed by atoms with E-state index in [4.69, 9.17) is 9.84 Å². The second-order valence-corrected chi connectivity index (χ2v) is 6.94. The minimum Gasteiger partial charge on any atom is -0.479 e. The van der Waals surface area contributed by atoms with Gasteiger partial charge in [-0.3, -0.25) is 4.79 Å². The van der Waals surface area contributed by atoms with Gasteiger partial charge in [-0.2, -0.15) is 0 Å². The molecule has 0 aliphatic carbocycles. The Labute approximate surface area is 144 Å². The molecule has 6 nitrogen and oxygen atoms in total. The van der Waals surface area contributed by atoms with Gasteiger partial charge in [0.15, 0.2) is 6.10 Å². The maximum Gasteiger partial charge on any atom is 0.334 e. The lowest BCUT2D eigenvalue weighted by atomic mass is 10.1. The molecule has 128 valence electrons. The van der Waals surface area contributed by atoms with Crippen molar-refractivity contribution in [1.82, 2.24) is 9.88 Å². The van der Waals surface area contributed by atoms with Gasteiger partial charge in [-0.15, -0.1) is 11.3 Å². The van der Waals surface area contributed by atoms with Gasteiger partial charge in [-0.25, -0.2) is 9.78 Å². The third-order valence-corrected chi connectivity index (χ3v) is 5.16. The molecule has 0 spiro atoms. The van der Waals surface area contributed by atoms with Gasteiger partial charge in [0.1, 0.15) is 0 Å². The molecule has 24 heavy (non-hydrogen) atoms. The molecule has 2 aromatic rings. The van der Waals surface area contributed by atoms with Crippen LogP contribution < -0.4 is 0 Å². The number of rotatable bonds is 6. The normalized spacial score (nSPS) is 18.0. The highest BCUT2D eigenvalue weighted by Crippen LogP contribution is 2.23. The Morgan fingerprint density at radius 2 is 2.17 bits per heavy atom. The van der Waals surface area contributed by atoms with Crippen LogP contribution in [0, 0.1) is 0 Å². The Kier molecular flexibility index (Phi) is 5.42. The number of hydrogen-bond donors (Lipinski definition) is 1. The van der Waals surface area contributed by atoms with Crippen LogP contribution in [0.15, 0.2) is 24.3 Å². The monoisotopic (exact) mass is 348 g/mol. The maximum atomic E-state index is 12.2. The number of aliphatic carboxylic acids is 1. The van der Waals surface area contributed by atoms with Gasteiger partial charge in [0, 0.05) is 13.0 Å². The molecular formula is C17H20N2O4S. The first-order valence-corrected chi connectivity index (χ1v) is 8.92. The van der Waals surface area contributed by atoms with Gasteiger partial charge >= 0.3 is 5.97 Å². The summed E-state index contributed by atoms with van der Waals surface area (Å²) in [6.45, 7) is 0.904. The van der Waals surface area contributed by atoms with Gasteiger partial charge in [0.25, 0.3) is 0 Å². The van der Waals surface area contributed by atoms with Crippen LogP contribution >= 0.6 is 11.3 Å². The smallest absolute Gasteiger partial charge is 0.334 e. The van der Waals surface area contributed by atoms with E-state index in [-0.39, 0.29) is 19.1 Å². The fraction of sp³-hybridized carbons (Fsp3) is 0.471. The number of para-hydroxylation sites is 1. The van der Waals surface area contributed by atoms with Crippen molar-refractivity contribution in [3.05, 3.63) is 29.3 Å². The van der Waals surface area contributed by atoms with E-state index in [1.807, 2.05) is 18.2 Å². The zero-order valence-electron chi connectivity index (χ0n) is 13.3. The highest BCUT2D eigenvalue weighted by molar-refractivity contribution is 7.18. The van der Waals surface area contributed by atoms with Crippen LogP contribution in [-0.4, -0.2) is 52.7 Å². The molecule has 1 saturated heterocycles. The van der Waals surface area contributed by atoms with Gasteiger partial charge < -0.3 is 14.7 Å². The van der Waals surface area contributed by atoms with Gasteiger partial charge in [0.2, 0.25) is 5.91 Å². The van der Waals surface area contributed by atoms with Crippen LogP contribution in [0.2, 0.25) is 0 Å². The average molecular weight is 348 g/mol. The Hall–Kier alpha value is -1.99. The Bertz CT molecular complexity index is 697. The minimum absolute atomic E-state index is 0.00819. The SMILES string of the molecule is O=C(O)[C@H]1CN(C(=O)CCCCc2nc3ccccc3s2)CCO1. The molecule has 0 bridgehead atoms. The minimum atomic E-state index is -1.01. The summed E-state index contributed by atoms with van der Waals surface area (Å²) in [5, 5.41) is 10.1. The number of unbranched alkanes of at least 4 members (excludes halogenated alkanes) is 1. The van der Waals surface area contributed by atoms with Crippen molar-refractivity contribution in [2.45, 2.75) is 31.8 Å². The van der Waals surface area contributed by atoms with Crippen molar-refractivity contribution in [3.8, 4) is 0 Å². The number of benzene rings is 1. The number of carbonyl (C=O) groups excluding carboxylic acids is 1. The number of thiazole rings is 1. The van der Waals surface area contributed by atoms with Crippen LogP contribution in [0.4, 0.5) is 0 Å². The molecule has 0 saturated carbocycles. The summed E-state index contributed by atoms with van der Waals surface area (Å²) in [5.41, 5.74) is 1.03. The van der Waals surface area contributed by atoms with E-state index >= 15 is 0 Å². The highest BCUT2D eigenvalue weighted by Gasteiger charge is 2.28. The van der Waals surface area contributed by atoms with Crippen molar-refractivity contribution in [1.29, 1.82) is 0 Å². The summed E-state index contributed by atoms with van der Waals surface area (Å²) in [5.74, 6) is -1.00. The number of nitrogens with zero attached hydrogens (tertiary/aromatic N) is 2. The molecule has 0 unspecified atom stereocenters. The number of aromatic nitrogens is 1. The van der Waals surface area contributed by atoms with Gasteiger partial charge in [-0.1, -0.05) is 12.1 Å². The fourth-order valence-electron chi connectivity index (χ4n) is 2.76. The quantitative estimate of drug-likeness (QED) is 0.811. The topological polar surface area (TPSA) is 79.7 Å². The number of aryl methyl sites for hydroxylation is 1. The first kappa shape index (κ1) is 16.9. The lowest BCUT2D eigenvalue weighted by Crippen LogP contribution is -2.48. The van der Waals surface area contributed by atoms with E-state index in [1.54, 1.807) is 16.2 Å². The van der Waals surface area contributed by atoms with E-state index in [2.05, 4.69) is 11.1 Å². The fourth-order valence-corrected chi connectivity index (χ4v) is 3.77. The first-order chi connectivity index (χ1) is 11.6. The third-order valence-electron chi connectivity index (χ3n) is 4.06. The molecular weight excluding hydrogens is 328 g/mol. The Balaban J connectivity index is 1.42. The molecule has 1 amide bonds. The first-order valence-electron chi connectivity index (χ1n) is 8.10. The summed E-state index contributed by atoms with van der Waals surface area (Å²) in [7, 11) is 0. The predicted octanol–water partition coefficient (Wildman–Crippen LogP) is 2.32. The summed E-state index contributed by atoms with van der Waals surface area (Å²) >= 11 is 1.70. The number of hydrogen-bond acceptors (Lipinski definition) is 5. The summed E-state index contributed by atoms with van der Waals surface area (Å²) in [6, 6.07) is 8.07. The second-order valence-electron chi connectivity index (χ2n) is 5.82. The standard InChI is InChI=1S/C17H20N2O4S/c20-16(19-9-10-23-13(11-19)17(21)22)8-4-3-7-15-18-12-5-1-2-6-14(12)24-15/h1-2,5-6,13H,3-4,7-11H2,(H,21,22)/t13-/m1/s1. The van der Waals surface area contributed by atoms with Crippen molar-refractivity contribution < 1.29 is 19.4 Å². The summed E-state index contributed by atoms with van der Waals surface area (Å²) in [4.78, 5) is 29.3. The van der Waals surface area contributed by atoms with Gasteiger partial charge in [0.05, 0.1) is 28.4 Å². The summed E-state index contributed by atoms with van der Waals surface area (Å²) in [6.07, 6.45) is 2.10. The molecule has 2 heterocycles. The number of ether oxygens (including phenoxy) is 1. The third kappa shape index (κ3) is 4.10. The number of carbonyl (C=O) groups is 2. The molecule has 1 fully saturated rings. The zero-order valence-corrected chi connectivity index (χ0v) is 14.1. The maximum absolute atomic E-state index is 12.2.